The molecule has 0 spiro atoms. The van der Waals surface area contributed by atoms with Crippen LogP contribution >= 0.6 is 0 Å². The fourth-order valence-electron chi connectivity index (χ4n) is 2.78. The van der Waals surface area contributed by atoms with Crippen LogP contribution in [0.5, 0.6) is 0 Å². The summed E-state index contributed by atoms with van der Waals surface area (Å²) >= 11 is 0. The Labute approximate surface area is 120 Å². The molecule has 0 aliphatic heterocycles. The summed E-state index contributed by atoms with van der Waals surface area (Å²) in [5, 5.41) is 12.6. The Kier molecular flexibility index (Phi) is 5.15. The van der Waals surface area contributed by atoms with E-state index in [9.17, 15) is 9.90 Å². The number of carbonyl (C=O) groups excluding carboxylic acids is 1. The fourth-order valence-corrected chi connectivity index (χ4v) is 2.78. The van der Waals surface area contributed by atoms with Crippen molar-refractivity contribution in [3.05, 3.63) is 35.4 Å². The lowest BCUT2D eigenvalue weighted by Gasteiger charge is -2.36. The van der Waals surface area contributed by atoms with Crippen molar-refractivity contribution in [3.8, 4) is 0 Å². The molecule has 0 bridgehead atoms. The van der Waals surface area contributed by atoms with Crippen LogP contribution in [0.4, 0.5) is 0 Å². The predicted molar refractivity (Wildman–Crippen MR) is 77.5 cm³/mol. The molecule has 4 nitrogen and oxygen atoms in total. The number of aliphatic hydroxyl groups is 1. The molecule has 1 fully saturated rings. The molecule has 2 N–H and O–H groups in total. The number of hydrogen-bond acceptors (Lipinski definition) is 3. The average molecular weight is 277 g/mol. The number of carbonyl (C=O) groups is 1. The minimum atomic E-state index is -0.430. The van der Waals surface area contributed by atoms with Crippen LogP contribution < -0.4 is 5.32 Å². The van der Waals surface area contributed by atoms with Gasteiger partial charge in [0.05, 0.1) is 18.8 Å². The van der Waals surface area contributed by atoms with Gasteiger partial charge < -0.3 is 15.2 Å². The third-order valence-electron chi connectivity index (χ3n) is 4.02. The third-order valence-corrected chi connectivity index (χ3v) is 4.02. The van der Waals surface area contributed by atoms with Gasteiger partial charge in [-0.05, 0) is 30.5 Å². The SMILES string of the molecule is COCc1ccc(C(=O)NC2(CO)CCCCC2)cc1. The number of ether oxygens (including phenoxy) is 1. The Morgan fingerprint density at radius 3 is 2.45 bits per heavy atom. The van der Waals surface area contributed by atoms with Crippen LogP contribution in [0.2, 0.25) is 0 Å². The first-order valence-electron chi connectivity index (χ1n) is 7.20. The zero-order chi connectivity index (χ0) is 14.4. The topological polar surface area (TPSA) is 58.6 Å². The molecule has 110 valence electrons. The molecule has 0 saturated heterocycles. The van der Waals surface area contributed by atoms with E-state index >= 15 is 0 Å². The molecule has 2 rings (SSSR count). The van der Waals surface area contributed by atoms with Gasteiger partial charge in [0.15, 0.2) is 0 Å². The molecule has 1 saturated carbocycles. The van der Waals surface area contributed by atoms with E-state index in [0.717, 1.165) is 31.2 Å². The molecule has 0 heterocycles. The molecule has 20 heavy (non-hydrogen) atoms. The summed E-state index contributed by atoms with van der Waals surface area (Å²) in [6.07, 6.45) is 5.03. The number of aliphatic hydroxyl groups excluding tert-OH is 1. The molecule has 4 heteroatoms. The monoisotopic (exact) mass is 277 g/mol. The van der Waals surface area contributed by atoms with Crippen molar-refractivity contribution >= 4 is 5.91 Å². The van der Waals surface area contributed by atoms with Gasteiger partial charge in [-0.25, -0.2) is 0 Å². The summed E-state index contributed by atoms with van der Waals surface area (Å²) < 4.78 is 5.05. The first kappa shape index (κ1) is 15.0. The Morgan fingerprint density at radius 2 is 1.90 bits per heavy atom. The van der Waals surface area contributed by atoms with Crippen LogP contribution in [0.3, 0.4) is 0 Å². The molecule has 1 aliphatic carbocycles. The number of methoxy groups -OCH3 is 1. The minimum absolute atomic E-state index is 0.0144. The molecule has 0 aromatic heterocycles. The highest BCUT2D eigenvalue weighted by Crippen LogP contribution is 2.28. The van der Waals surface area contributed by atoms with E-state index in [1.54, 1.807) is 19.2 Å². The Hall–Kier alpha value is -1.39. The number of nitrogens with one attached hydrogen (secondary N) is 1. The van der Waals surface area contributed by atoms with Gasteiger partial charge in [-0.1, -0.05) is 31.4 Å². The molecule has 0 unspecified atom stereocenters. The summed E-state index contributed by atoms with van der Waals surface area (Å²) in [6.45, 7) is 0.559. The van der Waals surface area contributed by atoms with Crippen molar-refractivity contribution in [2.24, 2.45) is 0 Å². The van der Waals surface area contributed by atoms with Crippen LogP contribution in [0.15, 0.2) is 24.3 Å². The van der Waals surface area contributed by atoms with E-state index in [-0.39, 0.29) is 12.5 Å². The highest BCUT2D eigenvalue weighted by Gasteiger charge is 2.33. The second-order valence-corrected chi connectivity index (χ2v) is 5.58. The van der Waals surface area contributed by atoms with Gasteiger partial charge in [0, 0.05) is 12.7 Å². The smallest absolute Gasteiger partial charge is 0.251 e. The Balaban J connectivity index is 2.03. The highest BCUT2D eigenvalue weighted by atomic mass is 16.5. The molecule has 1 aromatic rings. The van der Waals surface area contributed by atoms with E-state index in [4.69, 9.17) is 4.74 Å². The molecule has 0 atom stereocenters. The predicted octanol–water partition coefficient (Wildman–Crippen LogP) is 2.26. The maximum absolute atomic E-state index is 12.3. The van der Waals surface area contributed by atoms with Gasteiger partial charge in [-0.3, -0.25) is 4.79 Å². The van der Waals surface area contributed by atoms with Gasteiger partial charge >= 0.3 is 0 Å². The summed E-state index contributed by atoms with van der Waals surface area (Å²) in [4.78, 5) is 12.3. The quantitative estimate of drug-likeness (QED) is 0.868. The van der Waals surface area contributed by atoms with Gasteiger partial charge in [-0.2, -0.15) is 0 Å². The summed E-state index contributed by atoms with van der Waals surface area (Å²) in [6, 6.07) is 7.39. The molecule has 0 radical (unpaired) electrons. The summed E-state index contributed by atoms with van der Waals surface area (Å²) in [7, 11) is 1.65. The molecule has 1 amide bonds. The lowest BCUT2D eigenvalue weighted by atomic mass is 9.82. The van der Waals surface area contributed by atoms with Crippen molar-refractivity contribution < 1.29 is 14.6 Å². The number of rotatable bonds is 5. The van der Waals surface area contributed by atoms with Crippen LogP contribution in [0, 0.1) is 0 Å². The lowest BCUT2D eigenvalue weighted by Crippen LogP contribution is -2.52. The molecular weight excluding hydrogens is 254 g/mol. The van der Waals surface area contributed by atoms with Crippen LogP contribution in [-0.2, 0) is 11.3 Å². The summed E-state index contributed by atoms with van der Waals surface area (Å²) in [5.74, 6) is -0.107. The highest BCUT2D eigenvalue weighted by molar-refractivity contribution is 5.94. The molecule has 1 aromatic carbocycles. The second-order valence-electron chi connectivity index (χ2n) is 5.58. The standard InChI is InChI=1S/C16H23NO3/c1-20-11-13-5-7-14(8-6-13)15(19)17-16(12-18)9-3-2-4-10-16/h5-8,18H,2-4,9-12H2,1H3,(H,17,19). The van der Waals surface area contributed by atoms with Gasteiger partial charge in [0.2, 0.25) is 0 Å². The normalized spacial score (nSPS) is 17.7. The number of amides is 1. The molecule has 1 aliphatic rings. The van der Waals surface area contributed by atoms with E-state index < -0.39 is 5.54 Å². The third kappa shape index (κ3) is 3.58. The van der Waals surface area contributed by atoms with E-state index in [1.807, 2.05) is 12.1 Å². The largest absolute Gasteiger partial charge is 0.394 e. The van der Waals surface area contributed by atoms with Crippen molar-refractivity contribution in [3.63, 3.8) is 0 Å². The lowest BCUT2D eigenvalue weighted by molar-refractivity contribution is 0.0758. The minimum Gasteiger partial charge on any atom is -0.394 e. The second kappa shape index (κ2) is 6.86. The van der Waals surface area contributed by atoms with E-state index in [2.05, 4.69) is 5.32 Å². The maximum atomic E-state index is 12.3. The van der Waals surface area contributed by atoms with Gasteiger partial charge in [0.1, 0.15) is 0 Å². The zero-order valence-electron chi connectivity index (χ0n) is 12.0. The first-order valence-corrected chi connectivity index (χ1v) is 7.20. The number of hydrogen-bond donors (Lipinski definition) is 2. The maximum Gasteiger partial charge on any atom is 0.251 e. The van der Waals surface area contributed by atoms with E-state index in [0.29, 0.717) is 12.2 Å². The van der Waals surface area contributed by atoms with Gasteiger partial charge in [-0.15, -0.1) is 0 Å². The molecular formula is C16H23NO3. The Bertz CT molecular complexity index is 436. The summed E-state index contributed by atoms with van der Waals surface area (Å²) in [5.41, 5.74) is 1.24. The van der Waals surface area contributed by atoms with Crippen LogP contribution in [0.1, 0.15) is 48.0 Å². The van der Waals surface area contributed by atoms with Gasteiger partial charge in [0.25, 0.3) is 5.91 Å². The van der Waals surface area contributed by atoms with E-state index in [1.165, 1.54) is 6.42 Å². The van der Waals surface area contributed by atoms with Crippen molar-refractivity contribution in [2.75, 3.05) is 13.7 Å². The van der Waals surface area contributed by atoms with Crippen molar-refractivity contribution in [2.45, 2.75) is 44.2 Å². The van der Waals surface area contributed by atoms with Crippen molar-refractivity contribution in [1.29, 1.82) is 0 Å². The zero-order valence-corrected chi connectivity index (χ0v) is 12.0. The number of benzene rings is 1. The van der Waals surface area contributed by atoms with Crippen molar-refractivity contribution in [1.82, 2.24) is 5.32 Å². The first-order chi connectivity index (χ1) is 9.69. The Morgan fingerprint density at radius 1 is 1.25 bits per heavy atom. The average Bonchev–Trinajstić information content (AvgIpc) is 2.49. The fraction of sp³-hybridized carbons (Fsp3) is 0.562. The van der Waals surface area contributed by atoms with Crippen LogP contribution in [-0.4, -0.2) is 30.3 Å². The van der Waals surface area contributed by atoms with Crippen LogP contribution in [0.25, 0.3) is 0 Å².